The van der Waals surface area contributed by atoms with E-state index >= 15 is 0 Å². The van der Waals surface area contributed by atoms with Crippen molar-refractivity contribution in [2.24, 2.45) is 0 Å². The van der Waals surface area contributed by atoms with Crippen molar-refractivity contribution in [3.8, 4) is 10.8 Å². The number of benzene rings is 1. The molecule has 13 heteroatoms. The third kappa shape index (κ3) is 5.08. The highest BCUT2D eigenvalue weighted by molar-refractivity contribution is 7.21. The van der Waals surface area contributed by atoms with E-state index in [-0.39, 0.29) is 40.3 Å². The smallest absolute Gasteiger partial charge is 0.333 e. The maximum absolute atomic E-state index is 14.3. The molecule has 11 nitrogen and oxygen atoms in total. The molecule has 0 fully saturated rings. The summed E-state index contributed by atoms with van der Waals surface area (Å²) < 4.78 is 27.5. The Morgan fingerprint density at radius 2 is 1.85 bits per heavy atom. The van der Waals surface area contributed by atoms with Gasteiger partial charge in [0.05, 0.1) is 31.4 Å². The molecule has 0 saturated carbocycles. The second-order valence-electron chi connectivity index (χ2n) is 9.78. The average molecular weight is 572 g/mol. The van der Waals surface area contributed by atoms with Crippen LogP contribution in [0.4, 0.5) is 4.39 Å². The Hall–Kier alpha value is -4.13. The number of aryl methyl sites for hydroxylation is 1. The summed E-state index contributed by atoms with van der Waals surface area (Å²) >= 11 is 1.10. The van der Waals surface area contributed by atoms with Crippen LogP contribution < -0.4 is 16.0 Å². The number of carbonyl (C=O) groups excluding carboxylic acids is 2. The van der Waals surface area contributed by atoms with Gasteiger partial charge in [-0.25, -0.2) is 13.8 Å². The molecule has 3 aromatic heterocycles. The normalized spacial score (nSPS) is 12.5. The molecule has 1 aromatic carbocycles. The zero-order valence-corrected chi connectivity index (χ0v) is 23.9. The van der Waals surface area contributed by atoms with Crippen molar-refractivity contribution in [2.75, 3.05) is 7.11 Å². The van der Waals surface area contributed by atoms with Crippen molar-refractivity contribution in [3.63, 3.8) is 0 Å². The number of Topliss-reactive ketones (excluding diaryl/α,β-unsaturated/α-hetero) is 1. The molecule has 0 amide bonds. The van der Waals surface area contributed by atoms with E-state index < -0.39 is 34.7 Å². The third-order valence-electron chi connectivity index (χ3n) is 6.70. The number of carbonyl (C=O) groups is 2. The average Bonchev–Trinajstić information content (AvgIpc) is 3.53. The highest BCUT2D eigenvalue weighted by Crippen LogP contribution is 2.34. The highest BCUT2D eigenvalue weighted by atomic mass is 32.1. The second-order valence-corrected chi connectivity index (χ2v) is 10.8. The van der Waals surface area contributed by atoms with Crippen molar-refractivity contribution < 1.29 is 23.5 Å². The summed E-state index contributed by atoms with van der Waals surface area (Å²) in [5.41, 5.74) is -2.19. The Morgan fingerprint density at radius 1 is 1.18 bits per heavy atom. The molecular formula is C27H30FN5O6S. The van der Waals surface area contributed by atoms with Gasteiger partial charge < -0.3 is 9.47 Å². The van der Waals surface area contributed by atoms with E-state index in [9.17, 15) is 23.6 Å². The predicted molar refractivity (Wildman–Crippen MR) is 147 cm³/mol. The van der Waals surface area contributed by atoms with E-state index in [2.05, 4.69) is 10.2 Å². The molecule has 3 heterocycles. The number of rotatable bonds is 10. The molecule has 0 spiro atoms. The SMILES string of the molecule is CCCC(=O)C(C)(C)n1c(=O)c2c(C)c(-n3nccn3)sc2n(C[C@H](OC(C)=O)c2cc(F)ccc2OC)c1=O. The molecular weight excluding hydrogens is 541 g/mol. The lowest BCUT2D eigenvalue weighted by Gasteiger charge is -2.27. The topological polar surface area (TPSA) is 127 Å². The number of aromatic nitrogens is 5. The Balaban J connectivity index is 2.06. The summed E-state index contributed by atoms with van der Waals surface area (Å²) in [5.74, 6) is -1.31. The van der Waals surface area contributed by atoms with Gasteiger partial charge in [0.1, 0.15) is 33.0 Å². The number of ketones is 1. The van der Waals surface area contributed by atoms with E-state index in [0.717, 1.165) is 22.0 Å². The van der Waals surface area contributed by atoms with E-state index in [0.29, 0.717) is 17.0 Å². The predicted octanol–water partition coefficient (Wildman–Crippen LogP) is 3.67. The van der Waals surface area contributed by atoms with Crippen LogP contribution in [-0.4, -0.2) is 43.0 Å². The van der Waals surface area contributed by atoms with Crippen molar-refractivity contribution in [1.29, 1.82) is 0 Å². The number of nitrogens with zero attached hydrogens (tertiary/aromatic N) is 5. The fraction of sp³-hybridized carbons (Fsp3) is 0.407. The van der Waals surface area contributed by atoms with Crippen molar-refractivity contribution in [1.82, 2.24) is 24.1 Å². The van der Waals surface area contributed by atoms with E-state index in [1.54, 1.807) is 6.92 Å². The number of methoxy groups -OCH3 is 1. The molecule has 0 aliphatic heterocycles. The Kier molecular flexibility index (Phi) is 8.05. The maximum atomic E-state index is 14.3. The minimum absolute atomic E-state index is 0.165. The zero-order chi connectivity index (χ0) is 29.4. The number of hydrogen-bond donors (Lipinski definition) is 0. The largest absolute Gasteiger partial charge is 0.496 e. The van der Waals surface area contributed by atoms with E-state index in [4.69, 9.17) is 9.47 Å². The lowest BCUT2D eigenvalue weighted by molar-refractivity contribution is -0.147. The van der Waals surface area contributed by atoms with Gasteiger partial charge in [-0.3, -0.25) is 19.0 Å². The third-order valence-corrected chi connectivity index (χ3v) is 7.98. The number of thiophene rings is 1. The first-order chi connectivity index (χ1) is 18.9. The molecule has 1 atom stereocenters. The van der Waals surface area contributed by atoms with Crippen LogP contribution in [-0.2, 0) is 26.4 Å². The van der Waals surface area contributed by atoms with Crippen molar-refractivity contribution in [3.05, 3.63) is 68.4 Å². The number of halogens is 1. The number of hydrogen-bond acceptors (Lipinski definition) is 9. The first-order valence-corrected chi connectivity index (χ1v) is 13.4. The molecule has 212 valence electrons. The molecule has 0 unspecified atom stereocenters. The van der Waals surface area contributed by atoms with Gasteiger partial charge in [-0.15, -0.1) is 4.80 Å². The van der Waals surface area contributed by atoms with Crippen LogP contribution in [0.15, 0.2) is 40.2 Å². The van der Waals surface area contributed by atoms with Gasteiger partial charge >= 0.3 is 11.7 Å². The van der Waals surface area contributed by atoms with Gasteiger partial charge in [-0.05, 0) is 45.4 Å². The van der Waals surface area contributed by atoms with Gasteiger partial charge in [0.2, 0.25) is 0 Å². The van der Waals surface area contributed by atoms with Crippen LogP contribution in [0.5, 0.6) is 5.75 Å². The number of ether oxygens (including phenoxy) is 2. The molecule has 0 radical (unpaired) electrons. The lowest BCUT2D eigenvalue weighted by atomic mass is 9.95. The summed E-state index contributed by atoms with van der Waals surface area (Å²) in [6.45, 7) is 7.50. The van der Waals surface area contributed by atoms with Gasteiger partial charge in [0.15, 0.2) is 5.78 Å². The Labute approximate surface area is 232 Å². The van der Waals surface area contributed by atoms with Crippen LogP contribution in [0.3, 0.4) is 0 Å². The summed E-state index contributed by atoms with van der Waals surface area (Å²) in [6, 6.07) is 3.76. The van der Waals surface area contributed by atoms with Gasteiger partial charge in [-0.1, -0.05) is 18.3 Å². The molecule has 0 saturated heterocycles. The molecule has 40 heavy (non-hydrogen) atoms. The van der Waals surface area contributed by atoms with Gasteiger partial charge in [-0.2, -0.15) is 10.2 Å². The fourth-order valence-electron chi connectivity index (χ4n) is 4.68. The van der Waals surface area contributed by atoms with Crippen LogP contribution in [0, 0.1) is 12.7 Å². The van der Waals surface area contributed by atoms with E-state index in [1.807, 2.05) is 6.92 Å². The summed E-state index contributed by atoms with van der Waals surface area (Å²) in [6.07, 6.45) is 2.49. The zero-order valence-electron chi connectivity index (χ0n) is 23.1. The Bertz CT molecular complexity index is 1700. The fourth-order valence-corrected chi connectivity index (χ4v) is 5.90. The lowest BCUT2D eigenvalue weighted by Crippen LogP contribution is -2.52. The number of esters is 1. The first kappa shape index (κ1) is 28.9. The van der Waals surface area contributed by atoms with Gasteiger partial charge in [0.25, 0.3) is 5.56 Å². The van der Waals surface area contributed by atoms with Crippen LogP contribution >= 0.6 is 11.3 Å². The minimum atomic E-state index is -1.48. The first-order valence-electron chi connectivity index (χ1n) is 12.6. The van der Waals surface area contributed by atoms with Crippen molar-refractivity contribution >= 4 is 33.3 Å². The van der Waals surface area contributed by atoms with E-state index in [1.165, 1.54) is 61.8 Å². The van der Waals surface area contributed by atoms with Crippen molar-refractivity contribution in [2.45, 2.75) is 65.6 Å². The monoisotopic (exact) mass is 571 g/mol. The van der Waals surface area contributed by atoms with Crippen LogP contribution in [0.1, 0.15) is 57.8 Å². The maximum Gasteiger partial charge on any atom is 0.333 e. The summed E-state index contributed by atoms with van der Waals surface area (Å²) in [7, 11) is 1.39. The van der Waals surface area contributed by atoms with Crippen LogP contribution in [0.25, 0.3) is 15.2 Å². The second kappa shape index (κ2) is 11.2. The summed E-state index contributed by atoms with van der Waals surface area (Å²) in [5, 5.41) is 9.02. The molecule has 4 rings (SSSR count). The molecule has 0 aliphatic rings. The Morgan fingerprint density at radius 3 is 2.45 bits per heavy atom. The van der Waals surface area contributed by atoms with Crippen LogP contribution in [0.2, 0.25) is 0 Å². The summed E-state index contributed by atoms with van der Waals surface area (Å²) in [4.78, 5) is 55.0. The molecule has 0 N–H and O–H groups in total. The molecule has 4 aromatic rings. The molecule has 0 aliphatic carbocycles. The standard InChI is InChI=1S/C27H30FN5O6S/c1-7-8-21(35)27(4,5)32-23(36)22-15(2)24(33-29-11-12-30-33)40-25(22)31(26(32)37)14-20(39-16(3)34)18-13-17(28)9-10-19(18)38-6/h9-13,20H,7-8,14H2,1-6H3/t20-/m0/s1. The molecule has 0 bridgehead atoms. The quantitative estimate of drug-likeness (QED) is 0.264. The minimum Gasteiger partial charge on any atom is -0.496 e. The highest BCUT2D eigenvalue weighted by Gasteiger charge is 2.35. The van der Waals surface area contributed by atoms with Gasteiger partial charge in [0, 0.05) is 24.5 Å². The number of fused-ring (bicyclic) bond motifs is 1.